The van der Waals surface area contributed by atoms with Gasteiger partial charge < -0.3 is 14.6 Å². The summed E-state index contributed by atoms with van der Waals surface area (Å²) in [6, 6.07) is 45.3. The second-order valence-corrected chi connectivity index (χ2v) is 11.6. The van der Waals surface area contributed by atoms with Gasteiger partial charge in [0.1, 0.15) is 11.5 Å². The first-order chi connectivity index (χ1) is 22.1. The zero-order chi connectivity index (χ0) is 31.3. The van der Waals surface area contributed by atoms with E-state index in [0.29, 0.717) is 6.42 Å². The van der Waals surface area contributed by atoms with Gasteiger partial charge in [-0.15, -0.1) is 0 Å². The summed E-state index contributed by atoms with van der Waals surface area (Å²) in [6.07, 6.45) is 4.63. The molecule has 0 saturated carbocycles. The molecule has 5 aromatic rings. The highest BCUT2D eigenvalue weighted by Gasteiger charge is 2.40. The first-order valence-corrected chi connectivity index (χ1v) is 16.3. The molecule has 1 N–H and O–H groups in total. The predicted molar refractivity (Wildman–Crippen MR) is 182 cm³/mol. The second kappa shape index (κ2) is 16.2. The van der Waals surface area contributed by atoms with E-state index in [0.717, 1.165) is 48.8 Å². The molecule has 45 heavy (non-hydrogen) atoms. The number of benzene rings is 5. The molecule has 0 aliphatic rings. The van der Waals surface area contributed by atoms with Crippen LogP contribution in [-0.2, 0) is 26.3 Å². The highest BCUT2D eigenvalue weighted by atomic mass is 16.5. The molecule has 0 fully saturated rings. The Hall–Kier alpha value is -4.25. The number of aliphatic hydroxyl groups is 1. The summed E-state index contributed by atoms with van der Waals surface area (Å²) in [7, 11) is 0. The van der Waals surface area contributed by atoms with Gasteiger partial charge in [-0.05, 0) is 59.2 Å². The monoisotopic (exact) mass is 600 g/mol. The normalized spacial score (nSPS) is 12.9. The topological polar surface area (TPSA) is 55.8 Å². The van der Waals surface area contributed by atoms with Crippen LogP contribution < -0.4 is 0 Å². The molecule has 0 unspecified atom stereocenters. The van der Waals surface area contributed by atoms with Crippen molar-refractivity contribution < 1.29 is 19.4 Å². The van der Waals surface area contributed by atoms with E-state index in [1.807, 2.05) is 91.0 Å². The van der Waals surface area contributed by atoms with E-state index in [1.54, 1.807) is 6.92 Å². The molecular formula is C41H44O4. The maximum absolute atomic E-state index is 13.2. The molecule has 0 radical (unpaired) electrons. The van der Waals surface area contributed by atoms with E-state index in [2.05, 4.69) is 42.5 Å². The second-order valence-electron chi connectivity index (χ2n) is 11.6. The number of fused-ring (bicyclic) bond motifs is 1. The fourth-order valence-electron chi connectivity index (χ4n) is 6.30. The first kappa shape index (κ1) is 32.2. The number of carbonyl (C=O) groups is 1. The zero-order valence-corrected chi connectivity index (χ0v) is 26.2. The standard InChI is InChI=1S/C41H44O4/c1-2-44-40(43)38(39(42)30-15-4-3-8-19-32-21-18-22-33-20-16-17-29-37(32)33)31-45-41(34-23-9-5-10-24-34,35-25-11-6-12-26-35)36-27-13-7-14-28-36/h5-7,9-14,16-18,20-29,38-39,42H,2-4,8,15,19,30-31H2,1H3/t38-,39-/m0/s1. The number of hydrogen-bond donors (Lipinski definition) is 1. The molecule has 5 rings (SSSR count). The number of esters is 1. The fourth-order valence-corrected chi connectivity index (χ4v) is 6.30. The van der Waals surface area contributed by atoms with E-state index in [4.69, 9.17) is 9.47 Å². The summed E-state index contributed by atoms with van der Waals surface area (Å²) >= 11 is 0. The maximum Gasteiger partial charge on any atom is 0.313 e. The van der Waals surface area contributed by atoms with Crippen molar-refractivity contribution in [3.63, 3.8) is 0 Å². The Balaban J connectivity index is 1.27. The molecule has 0 heterocycles. The number of hydrogen-bond acceptors (Lipinski definition) is 4. The number of carbonyl (C=O) groups excluding carboxylic acids is 1. The summed E-state index contributed by atoms with van der Waals surface area (Å²) in [5, 5.41) is 14.0. The van der Waals surface area contributed by atoms with Gasteiger partial charge in [-0.3, -0.25) is 4.79 Å². The molecule has 0 aliphatic heterocycles. The van der Waals surface area contributed by atoms with Crippen LogP contribution in [0.5, 0.6) is 0 Å². The predicted octanol–water partition coefficient (Wildman–Crippen LogP) is 8.88. The van der Waals surface area contributed by atoms with Crippen LogP contribution in [0.25, 0.3) is 10.8 Å². The van der Waals surface area contributed by atoms with Gasteiger partial charge in [0.15, 0.2) is 0 Å². The number of aryl methyl sites for hydroxylation is 1. The summed E-state index contributed by atoms with van der Waals surface area (Å²) in [6.45, 7) is 2.05. The van der Waals surface area contributed by atoms with Crippen LogP contribution in [0.2, 0.25) is 0 Å². The molecule has 0 amide bonds. The third kappa shape index (κ3) is 7.89. The van der Waals surface area contributed by atoms with E-state index in [-0.39, 0.29) is 13.2 Å². The minimum Gasteiger partial charge on any atom is -0.466 e. The van der Waals surface area contributed by atoms with Gasteiger partial charge in [0.05, 0.1) is 19.3 Å². The highest BCUT2D eigenvalue weighted by Crippen LogP contribution is 2.41. The highest BCUT2D eigenvalue weighted by molar-refractivity contribution is 5.85. The third-order valence-corrected chi connectivity index (χ3v) is 8.65. The van der Waals surface area contributed by atoms with Crippen LogP contribution >= 0.6 is 0 Å². The van der Waals surface area contributed by atoms with Gasteiger partial charge in [-0.25, -0.2) is 0 Å². The lowest BCUT2D eigenvalue weighted by Crippen LogP contribution is -2.40. The number of unbranched alkanes of at least 4 members (excludes halogenated alkanes) is 3. The Bertz CT molecular complexity index is 1500. The van der Waals surface area contributed by atoms with Crippen molar-refractivity contribution in [3.05, 3.63) is 156 Å². The van der Waals surface area contributed by atoms with Crippen LogP contribution in [0, 0.1) is 5.92 Å². The van der Waals surface area contributed by atoms with Gasteiger partial charge in [0.2, 0.25) is 0 Å². The smallest absolute Gasteiger partial charge is 0.313 e. The van der Waals surface area contributed by atoms with Gasteiger partial charge in [-0.1, -0.05) is 153 Å². The van der Waals surface area contributed by atoms with Crippen LogP contribution in [0.1, 0.15) is 61.3 Å². The first-order valence-electron chi connectivity index (χ1n) is 16.3. The molecular weight excluding hydrogens is 556 g/mol. The SMILES string of the molecule is CCOC(=O)[C@@H](COC(c1ccccc1)(c1ccccc1)c1ccccc1)[C@@H](O)CCCCCCc1cccc2ccccc12. The molecule has 0 spiro atoms. The Morgan fingerprint density at radius 2 is 1.20 bits per heavy atom. The maximum atomic E-state index is 13.2. The minimum absolute atomic E-state index is 0.0137. The van der Waals surface area contributed by atoms with E-state index in [1.165, 1.54) is 16.3 Å². The van der Waals surface area contributed by atoms with Crippen molar-refractivity contribution in [2.75, 3.05) is 13.2 Å². The summed E-state index contributed by atoms with van der Waals surface area (Å²) in [5.41, 5.74) is 3.25. The van der Waals surface area contributed by atoms with E-state index in [9.17, 15) is 9.90 Å². The lowest BCUT2D eigenvalue weighted by atomic mass is 9.80. The zero-order valence-electron chi connectivity index (χ0n) is 26.2. The average molecular weight is 601 g/mol. The lowest BCUT2D eigenvalue weighted by molar-refractivity contribution is -0.157. The van der Waals surface area contributed by atoms with Gasteiger partial charge in [0, 0.05) is 0 Å². The van der Waals surface area contributed by atoms with Crippen LogP contribution in [-0.4, -0.2) is 30.4 Å². The van der Waals surface area contributed by atoms with Gasteiger partial charge >= 0.3 is 5.97 Å². The summed E-state index contributed by atoms with van der Waals surface area (Å²) in [5.74, 6) is -1.24. The van der Waals surface area contributed by atoms with E-state index < -0.39 is 23.6 Å². The Kier molecular flexibility index (Phi) is 11.6. The van der Waals surface area contributed by atoms with Crippen LogP contribution in [0.4, 0.5) is 0 Å². The molecule has 232 valence electrons. The molecule has 0 saturated heterocycles. The summed E-state index contributed by atoms with van der Waals surface area (Å²) < 4.78 is 12.4. The molecule has 0 bridgehead atoms. The number of rotatable bonds is 16. The van der Waals surface area contributed by atoms with Crippen molar-refractivity contribution in [2.24, 2.45) is 5.92 Å². The van der Waals surface area contributed by atoms with Gasteiger partial charge in [-0.2, -0.15) is 0 Å². The van der Waals surface area contributed by atoms with Crippen molar-refractivity contribution in [3.8, 4) is 0 Å². The van der Waals surface area contributed by atoms with Crippen LogP contribution in [0.15, 0.2) is 133 Å². The lowest BCUT2D eigenvalue weighted by Gasteiger charge is -2.37. The van der Waals surface area contributed by atoms with Crippen LogP contribution in [0.3, 0.4) is 0 Å². The Labute approximate surface area is 267 Å². The average Bonchev–Trinajstić information content (AvgIpc) is 3.09. The largest absolute Gasteiger partial charge is 0.466 e. The fraction of sp³-hybridized carbons (Fsp3) is 0.293. The molecule has 4 heteroatoms. The molecule has 0 aliphatic carbocycles. The van der Waals surface area contributed by atoms with Gasteiger partial charge in [0.25, 0.3) is 0 Å². The molecule has 5 aromatic carbocycles. The number of aliphatic hydroxyl groups excluding tert-OH is 1. The third-order valence-electron chi connectivity index (χ3n) is 8.65. The molecule has 4 nitrogen and oxygen atoms in total. The molecule has 0 aromatic heterocycles. The Morgan fingerprint density at radius 1 is 0.667 bits per heavy atom. The minimum atomic E-state index is -0.976. The van der Waals surface area contributed by atoms with Crippen molar-refractivity contribution in [1.82, 2.24) is 0 Å². The Morgan fingerprint density at radius 3 is 1.80 bits per heavy atom. The molecule has 2 atom stereocenters. The number of ether oxygens (including phenoxy) is 2. The van der Waals surface area contributed by atoms with Crippen molar-refractivity contribution in [2.45, 2.75) is 57.2 Å². The van der Waals surface area contributed by atoms with Crippen molar-refractivity contribution >= 4 is 16.7 Å². The van der Waals surface area contributed by atoms with E-state index >= 15 is 0 Å². The van der Waals surface area contributed by atoms with Crippen molar-refractivity contribution in [1.29, 1.82) is 0 Å². The quantitative estimate of drug-likeness (QED) is 0.0698. The summed E-state index contributed by atoms with van der Waals surface area (Å²) in [4.78, 5) is 13.2.